The molecule has 3 nitrogen and oxygen atoms in total. The van der Waals surface area contributed by atoms with Gasteiger partial charge in [0.05, 0.1) is 5.92 Å². The standard InChI is InChI=1S/C21H24O3/c22-20(13-7-12-17-8-3-1-4-9-17)16-19(21(23)24)15-14-18-10-5-2-6-11-18/h1-6,8-11,19H,7,12-16H2,(H,23,24). The highest BCUT2D eigenvalue weighted by Gasteiger charge is 2.20. The molecule has 0 fully saturated rings. The van der Waals surface area contributed by atoms with Crippen molar-refractivity contribution in [1.82, 2.24) is 0 Å². The molecule has 3 heteroatoms. The van der Waals surface area contributed by atoms with Crippen LogP contribution in [0.4, 0.5) is 0 Å². The van der Waals surface area contributed by atoms with E-state index in [1.807, 2.05) is 60.7 Å². The van der Waals surface area contributed by atoms with Gasteiger partial charge >= 0.3 is 5.97 Å². The van der Waals surface area contributed by atoms with E-state index >= 15 is 0 Å². The summed E-state index contributed by atoms with van der Waals surface area (Å²) in [6.45, 7) is 0. The Morgan fingerprint density at radius 3 is 1.92 bits per heavy atom. The van der Waals surface area contributed by atoms with Gasteiger partial charge in [0.15, 0.2) is 0 Å². The number of rotatable bonds is 10. The molecule has 0 aliphatic carbocycles. The van der Waals surface area contributed by atoms with Crippen LogP contribution in [-0.4, -0.2) is 16.9 Å². The molecular weight excluding hydrogens is 300 g/mol. The lowest BCUT2D eigenvalue weighted by Gasteiger charge is -2.11. The normalized spacial score (nSPS) is 11.8. The van der Waals surface area contributed by atoms with Crippen LogP contribution in [0.3, 0.4) is 0 Å². The molecule has 24 heavy (non-hydrogen) atoms. The van der Waals surface area contributed by atoms with E-state index in [1.54, 1.807) is 0 Å². The zero-order valence-corrected chi connectivity index (χ0v) is 13.9. The summed E-state index contributed by atoms with van der Waals surface area (Å²) in [5.74, 6) is -1.41. The van der Waals surface area contributed by atoms with E-state index < -0.39 is 11.9 Å². The molecule has 0 radical (unpaired) electrons. The fraction of sp³-hybridized carbons (Fsp3) is 0.333. The minimum absolute atomic E-state index is 0.0476. The molecule has 0 saturated carbocycles. The van der Waals surface area contributed by atoms with Crippen molar-refractivity contribution in [2.45, 2.75) is 38.5 Å². The summed E-state index contributed by atoms with van der Waals surface area (Å²) in [5, 5.41) is 9.35. The SMILES string of the molecule is O=C(CCCc1ccccc1)CC(CCc1ccccc1)C(=O)O. The number of hydrogen-bond donors (Lipinski definition) is 1. The fourth-order valence-electron chi connectivity index (χ4n) is 2.81. The number of carbonyl (C=O) groups is 2. The van der Waals surface area contributed by atoms with Crippen molar-refractivity contribution in [3.63, 3.8) is 0 Å². The van der Waals surface area contributed by atoms with E-state index in [4.69, 9.17) is 0 Å². The average molecular weight is 324 g/mol. The van der Waals surface area contributed by atoms with E-state index in [0.29, 0.717) is 19.3 Å². The Bertz CT molecular complexity index is 635. The maximum Gasteiger partial charge on any atom is 0.306 e. The second-order valence-electron chi connectivity index (χ2n) is 6.14. The molecule has 0 heterocycles. The second kappa shape index (κ2) is 9.66. The van der Waals surface area contributed by atoms with Gasteiger partial charge in [-0.25, -0.2) is 0 Å². The third-order valence-corrected chi connectivity index (χ3v) is 4.21. The van der Waals surface area contributed by atoms with Gasteiger partial charge in [-0.1, -0.05) is 60.7 Å². The number of carboxylic acids is 1. The van der Waals surface area contributed by atoms with Gasteiger partial charge in [0, 0.05) is 12.8 Å². The van der Waals surface area contributed by atoms with Crippen molar-refractivity contribution in [2.24, 2.45) is 5.92 Å². The van der Waals surface area contributed by atoms with Gasteiger partial charge in [0.1, 0.15) is 5.78 Å². The molecule has 2 aromatic rings. The third kappa shape index (κ3) is 6.37. The van der Waals surface area contributed by atoms with Crippen molar-refractivity contribution in [1.29, 1.82) is 0 Å². The quantitative estimate of drug-likeness (QED) is 0.709. The molecule has 0 aromatic heterocycles. The number of aryl methyl sites for hydroxylation is 2. The van der Waals surface area contributed by atoms with Gasteiger partial charge in [-0.15, -0.1) is 0 Å². The lowest BCUT2D eigenvalue weighted by atomic mass is 9.93. The Balaban J connectivity index is 1.75. The van der Waals surface area contributed by atoms with E-state index in [1.165, 1.54) is 5.56 Å². The summed E-state index contributed by atoms with van der Waals surface area (Å²) in [5.41, 5.74) is 2.32. The fourth-order valence-corrected chi connectivity index (χ4v) is 2.81. The van der Waals surface area contributed by atoms with Crippen LogP contribution < -0.4 is 0 Å². The molecule has 1 N–H and O–H groups in total. The summed E-state index contributed by atoms with van der Waals surface area (Å²) < 4.78 is 0. The smallest absolute Gasteiger partial charge is 0.306 e. The van der Waals surface area contributed by atoms with Gasteiger partial charge in [-0.05, 0) is 36.8 Å². The molecule has 1 unspecified atom stereocenters. The van der Waals surface area contributed by atoms with Crippen LogP contribution in [0.2, 0.25) is 0 Å². The maximum absolute atomic E-state index is 12.1. The molecule has 0 aliphatic rings. The van der Waals surface area contributed by atoms with Crippen LogP contribution in [0.15, 0.2) is 60.7 Å². The van der Waals surface area contributed by atoms with Crippen LogP contribution in [0.1, 0.15) is 36.8 Å². The van der Waals surface area contributed by atoms with Gasteiger partial charge in [0.25, 0.3) is 0 Å². The van der Waals surface area contributed by atoms with Crippen LogP contribution in [0.5, 0.6) is 0 Å². The first kappa shape index (κ1) is 17.9. The van der Waals surface area contributed by atoms with Crippen LogP contribution in [0.25, 0.3) is 0 Å². The van der Waals surface area contributed by atoms with Crippen molar-refractivity contribution in [3.8, 4) is 0 Å². The molecule has 0 bridgehead atoms. The van der Waals surface area contributed by atoms with Crippen LogP contribution in [-0.2, 0) is 22.4 Å². The highest BCUT2D eigenvalue weighted by Crippen LogP contribution is 2.16. The first-order valence-corrected chi connectivity index (χ1v) is 8.47. The summed E-state index contributed by atoms with van der Waals surface area (Å²) in [6, 6.07) is 19.8. The van der Waals surface area contributed by atoms with Crippen molar-refractivity contribution in [3.05, 3.63) is 71.8 Å². The third-order valence-electron chi connectivity index (χ3n) is 4.21. The molecule has 1 atom stereocenters. The Labute approximate surface area is 143 Å². The summed E-state index contributed by atoms with van der Waals surface area (Å²) in [7, 11) is 0. The average Bonchev–Trinajstić information content (AvgIpc) is 2.60. The lowest BCUT2D eigenvalue weighted by molar-refractivity contribution is -0.144. The highest BCUT2D eigenvalue weighted by atomic mass is 16.4. The number of hydrogen-bond acceptors (Lipinski definition) is 2. The molecule has 0 saturated heterocycles. The zero-order valence-electron chi connectivity index (χ0n) is 13.9. The molecule has 0 amide bonds. The predicted molar refractivity (Wildman–Crippen MR) is 94.9 cm³/mol. The number of Topliss-reactive ketones (excluding diaryl/α,β-unsaturated/α-hetero) is 1. The van der Waals surface area contributed by atoms with Crippen LogP contribution >= 0.6 is 0 Å². The molecule has 2 rings (SSSR count). The first-order chi connectivity index (χ1) is 11.6. The first-order valence-electron chi connectivity index (χ1n) is 8.47. The van der Waals surface area contributed by atoms with E-state index in [2.05, 4.69) is 0 Å². The Morgan fingerprint density at radius 1 is 0.833 bits per heavy atom. The number of aliphatic carboxylic acids is 1. The summed E-state index contributed by atoms with van der Waals surface area (Å²) in [4.78, 5) is 23.5. The number of benzene rings is 2. The highest BCUT2D eigenvalue weighted by molar-refractivity contribution is 5.83. The Kier molecular flexibility index (Phi) is 7.21. The van der Waals surface area contributed by atoms with Crippen molar-refractivity contribution in [2.75, 3.05) is 0 Å². The van der Waals surface area contributed by atoms with E-state index in [0.717, 1.165) is 18.4 Å². The van der Waals surface area contributed by atoms with E-state index in [9.17, 15) is 14.7 Å². The minimum atomic E-state index is -0.873. The number of ketones is 1. The van der Waals surface area contributed by atoms with Gasteiger partial charge < -0.3 is 5.11 Å². The monoisotopic (exact) mass is 324 g/mol. The van der Waals surface area contributed by atoms with Crippen LogP contribution in [0, 0.1) is 5.92 Å². The Hall–Kier alpha value is -2.42. The summed E-state index contributed by atoms with van der Waals surface area (Å²) in [6.07, 6.45) is 3.40. The van der Waals surface area contributed by atoms with Gasteiger partial charge in [0.2, 0.25) is 0 Å². The zero-order chi connectivity index (χ0) is 17.2. The molecular formula is C21H24O3. The Morgan fingerprint density at radius 2 is 1.38 bits per heavy atom. The topological polar surface area (TPSA) is 54.4 Å². The molecule has 0 aliphatic heterocycles. The van der Waals surface area contributed by atoms with Crippen molar-refractivity contribution >= 4 is 11.8 Å². The number of carboxylic acid groups (broad SMARTS) is 1. The second-order valence-corrected chi connectivity index (χ2v) is 6.14. The minimum Gasteiger partial charge on any atom is -0.481 e. The predicted octanol–water partition coefficient (Wildman–Crippen LogP) is 4.30. The molecule has 0 spiro atoms. The number of carbonyl (C=O) groups excluding carboxylic acids is 1. The molecule has 2 aromatic carbocycles. The van der Waals surface area contributed by atoms with E-state index in [-0.39, 0.29) is 12.2 Å². The lowest BCUT2D eigenvalue weighted by Crippen LogP contribution is -2.19. The van der Waals surface area contributed by atoms with Gasteiger partial charge in [-0.3, -0.25) is 9.59 Å². The van der Waals surface area contributed by atoms with Crippen molar-refractivity contribution < 1.29 is 14.7 Å². The maximum atomic E-state index is 12.1. The largest absolute Gasteiger partial charge is 0.481 e. The van der Waals surface area contributed by atoms with Gasteiger partial charge in [-0.2, -0.15) is 0 Å². The summed E-state index contributed by atoms with van der Waals surface area (Å²) >= 11 is 0. The molecule has 126 valence electrons.